The van der Waals surface area contributed by atoms with E-state index in [1.807, 2.05) is 18.2 Å². The molecule has 0 rings (SSSR count). The number of hydrogen-bond donors (Lipinski definition) is 0. The van der Waals surface area contributed by atoms with Gasteiger partial charge in [0, 0.05) is 13.0 Å². The molecule has 352 valence electrons. The number of carbonyl (C=O) groups excluding carboxylic acids is 2. The van der Waals surface area contributed by atoms with E-state index in [4.69, 9.17) is 14.2 Å². The van der Waals surface area contributed by atoms with E-state index in [1.165, 1.54) is 103 Å². The lowest BCUT2D eigenvalue weighted by molar-refractivity contribution is -0.162. The van der Waals surface area contributed by atoms with Crippen molar-refractivity contribution < 1.29 is 23.8 Å². The number of carbonyl (C=O) groups is 2. The molecule has 0 radical (unpaired) electrons. The van der Waals surface area contributed by atoms with Gasteiger partial charge in [0.25, 0.3) is 0 Å². The third kappa shape index (κ3) is 49.2. The highest BCUT2D eigenvalue weighted by atomic mass is 16.6. The Morgan fingerprint density at radius 2 is 0.742 bits per heavy atom. The summed E-state index contributed by atoms with van der Waals surface area (Å²) in [5.41, 5.74) is 0. The second kappa shape index (κ2) is 51.9. The van der Waals surface area contributed by atoms with Crippen molar-refractivity contribution in [2.24, 2.45) is 0 Å². The summed E-state index contributed by atoms with van der Waals surface area (Å²) in [7, 11) is 0. The molecule has 62 heavy (non-hydrogen) atoms. The minimum Gasteiger partial charge on any atom is -0.461 e. The summed E-state index contributed by atoms with van der Waals surface area (Å²) in [6.45, 7) is 7.41. The number of ether oxygens (including phenoxy) is 3. The number of rotatable bonds is 45. The van der Waals surface area contributed by atoms with Crippen LogP contribution < -0.4 is 0 Å². The fourth-order valence-corrected chi connectivity index (χ4v) is 6.66. The summed E-state index contributed by atoms with van der Waals surface area (Å²) in [4.78, 5) is 25.3. The topological polar surface area (TPSA) is 61.8 Å². The fraction of sp³-hybridized carbons (Fsp3) is 0.649. The van der Waals surface area contributed by atoms with Crippen molar-refractivity contribution >= 4 is 11.9 Å². The van der Waals surface area contributed by atoms with Crippen molar-refractivity contribution in [3.05, 3.63) is 109 Å². The molecular weight excluding hydrogens is 765 g/mol. The van der Waals surface area contributed by atoms with Gasteiger partial charge in [-0.1, -0.05) is 239 Å². The maximum Gasteiger partial charge on any atom is 0.309 e. The molecule has 0 amide bonds. The summed E-state index contributed by atoms with van der Waals surface area (Å²) >= 11 is 0. The first kappa shape index (κ1) is 58.6. The maximum atomic E-state index is 12.7. The van der Waals surface area contributed by atoms with E-state index < -0.39 is 6.10 Å². The van der Waals surface area contributed by atoms with E-state index in [1.54, 1.807) is 0 Å². The van der Waals surface area contributed by atoms with Gasteiger partial charge >= 0.3 is 11.9 Å². The molecule has 0 heterocycles. The Morgan fingerprint density at radius 1 is 0.387 bits per heavy atom. The number of allylic oxidation sites excluding steroid dienone is 17. The Labute approximate surface area is 383 Å². The van der Waals surface area contributed by atoms with Crippen LogP contribution in [0.25, 0.3) is 0 Å². The third-order valence-electron chi connectivity index (χ3n) is 10.4. The minimum absolute atomic E-state index is 0.00161. The zero-order valence-corrected chi connectivity index (χ0v) is 40.3. The SMILES string of the molecule is CC/C=C\C/C=C\C/C=C\C/C=C\C/C=C\CC(=O)OCC(COCCCCCCCCCCCCCCCCCCCC)OC(=O)CC/C=C\C/C=C\C/C=C\C/C=C\CC. The van der Waals surface area contributed by atoms with E-state index in [2.05, 4.69) is 112 Å². The summed E-state index contributed by atoms with van der Waals surface area (Å²) in [5.74, 6) is -0.640. The molecule has 0 saturated heterocycles. The molecule has 5 heteroatoms. The molecule has 0 N–H and O–H groups in total. The molecule has 5 nitrogen and oxygen atoms in total. The summed E-state index contributed by atoms with van der Waals surface area (Å²) in [5, 5.41) is 0. The van der Waals surface area contributed by atoms with Crippen LogP contribution in [-0.4, -0.2) is 37.9 Å². The molecular formula is C57H94O5. The number of unbranched alkanes of at least 4 members (excludes halogenated alkanes) is 17. The summed E-state index contributed by atoms with van der Waals surface area (Å²) in [6, 6.07) is 0. The van der Waals surface area contributed by atoms with Crippen LogP contribution in [0.1, 0.15) is 213 Å². The molecule has 0 aromatic carbocycles. The van der Waals surface area contributed by atoms with Crippen LogP contribution in [0.15, 0.2) is 109 Å². The first-order valence-corrected chi connectivity index (χ1v) is 25.4. The first-order chi connectivity index (χ1) is 30.6. The van der Waals surface area contributed by atoms with Crippen LogP contribution in [0.4, 0.5) is 0 Å². The maximum absolute atomic E-state index is 12.7. The Morgan fingerprint density at radius 3 is 1.15 bits per heavy atom. The molecule has 0 aromatic heterocycles. The van der Waals surface area contributed by atoms with Crippen molar-refractivity contribution in [2.45, 2.75) is 219 Å². The molecule has 0 aromatic rings. The van der Waals surface area contributed by atoms with Gasteiger partial charge in [0.1, 0.15) is 6.61 Å². The van der Waals surface area contributed by atoms with E-state index in [-0.39, 0.29) is 38.0 Å². The quantitative estimate of drug-likeness (QED) is 0.0347. The monoisotopic (exact) mass is 859 g/mol. The molecule has 1 atom stereocenters. The van der Waals surface area contributed by atoms with Crippen LogP contribution in [0.3, 0.4) is 0 Å². The van der Waals surface area contributed by atoms with Gasteiger partial charge in [0.15, 0.2) is 6.10 Å². The van der Waals surface area contributed by atoms with Crippen LogP contribution >= 0.6 is 0 Å². The lowest BCUT2D eigenvalue weighted by Gasteiger charge is -2.18. The molecule has 0 aliphatic rings. The molecule has 0 bridgehead atoms. The van der Waals surface area contributed by atoms with E-state index >= 15 is 0 Å². The highest BCUT2D eigenvalue weighted by Crippen LogP contribution is 2.15. The normalized spacial score (nSPS) is 13.1. The van der Waals surface area contributed by atoms with Crippen molar-refractivity contribution in [2.75, 3.05) is 19.8 Å². The van der Waals surface area contributed by atoms with Crippen LogP contribution in [0.2, 0.25) is 0 Å². The van der Waals surface area contributed by atoms with Crippen LogP contribution in [0, 0.1) is 0 Å². The predicted molar refractivity (Wildman–Crippen MR) is 269 cm³/mol. The first-order valence-electron chi connectivity index (χ1n) is 25.4. The minimum atomic E-state index is -0.618. The molecule has 0 spiro atoms. The number of esters is 2. The second-order valence-electron chi connectivity index (χ2n) is 16.3. The highest BCUT2D eigenvalue weighted by molar-refractivity contribution is 5.71. The van der Waals surface area contributed by atoms with Crippen molar-refractivity contribution in [3.63, 3.8) is 0 Å². The number of hydrogen-bond acceptors (Lipinski definition) is 5. The lowest BCUT2D eigenvalue weighted by atomic mass is 10.0. The largest absolute Gasteiger partial charge is 0.461 e. The van der Waals surface area contributed by atoms with E-state index in [9.17, 15) is 9.59 Å². The van der Waals surface area contributed by atoms with Gasteiger partial charge in [0.05, 0.1) is 13.0 Å². The van der Waals surface area contributed by atoms with Crippen LogP contribution in [-0.2, 0) is 23.8 Å². The van der Waals surface area contributed by atoms with Gasteiger partial charge in [-0.2, -0.15) is 0 Å². The summed E-state index contributed by atoms with van der Waals surface area (Å²) in [6.07, 6.45) is 71.4. The zero-order chi connectivity index (χ0) is 44.9. The smallest absolute Gasteiger partial charge is 0.309 e. The van der Waals surface area contributed by atoms with Gasteiger partial charge in [-0.15, -0.1) is 0 Å². The van der Waals surface area contributed by atoms with E-state index in [0.29, 0.717) is 13.0 Å². The van der Waals surface area contributed by atoms with Crippen molar-refractivity contribution in [1.82, 2.24) is 0 Å². The Bertz CT molecular complexity index is 1250. The molecule has 1 unspecified atom stereocenters. The highest BCUT2D eigenvalue weighted by Gasteiger charge is 2.17. The Balaban J connectivity index is 4.44. The van der Waals surface area contributed by atoms with E-state index in [0.717, 1.165) is 70.6 Å². The molecule has 0 fully saturated rings. The zero-order valence-electron chi connectivity index (χ0n) is 40.3. The van der Waals surface area contributed by atoms with Gasteiger partial charge in [-0.3, -0.25) is 9.59 Å². The molecule has 0 aliphatic carbocycles. The van der Waals surface area contributed by atoms with Gasteiger partial charge in [0.2, 0.25) is 0 Å². The Kier molecular flexibility index (Phi) is 49.0. The average molecular weight is 859 g/mol. The Hall–Kier alpha value is -3.44. The van der Waals surface area contributed by atoms with Crippen LogP contribution in [0.5, 0.6) is 0 Å². The lowest BCUT2D eigenvalue weighted by Crippen LogP contribution is -2.30. The van der Waals surface area contributed by atoms with Gasteiger partial charge in [-0.25, -0.2) is 0 Å². The van der Waals surface area contributed by atoms with Crippen molar-refractivity contribution in [1.29, 1.82) is 0 Å². The third-order valence-corrected chi connectivity index (χ3v) is 10.4. The molecule has 0 aliphatic heterocycles. The van der Waals surface area contributed by atoms with Gasteiger partial charge < -0.3 is 14.2 Å². The van der Waals surface area contributed by atoms with Gasteiger partial charge in [-0.05, 0) is 70.6 Å². The fourth-order valence-electron chi connectivity index (χ4n) is 6.66. The molecule has 0 saturated carbocycles. The van der Waals surface area contributed by atoms with Crippen molar-refractivity contribution in [3.8, 4) is 0 Å². The predicted octanol–water partition coefficient (Wildman–Crippen LogP) is 17.2. The summed E-state index contributed by atoms with van der Waals surface area (Å²) < 4.78 is 17.2. The second-order valence-corrected chi connectivity index (χ2v) is 16.3. The average Bonchev–Trinajstić information content (AvgIpc) is 3.27. The standard InChI is InChI=1S/C57H94O5/c1-4-7-10-13-16-19-22-25-27-28-29-31-34-37-40-43-46-49-52-60-53-55(62-57(59)51-48-45-42-39-36-32-24-21-18-15-12-9-6-3)54-61-56(58)50-47-44-41-38-35-33-30-26-23-20-17-14-11-8-5-2/h8-9,11-12,17-18,20-21,26,30,32,35-36,38,42,44-45,47,55H,4-7,10,13-16,19,22-25,27-29,31,33-34,37,39-41,43,46,48-54H2,1-3H3/b11-8-,12-9-,20-17-,21-18-,30-26-,36-32-,38-35-,45-42-,47-44-.